The average Bonchev–Trinajstić information content (AvgIpc) is 2.55. The summed E-state index contributed by atoms with van der Waals surface area (Å²) in [5.41, 5.74) is 1.65. The molecular weight excluding hydrogens is 416 g/mol. The normalized spacial score (nSPS) is 11.4. The molecule has 0 bridgehead atoms. The Kier molecular flexibility index (Phi) is 7.64. The Labute approximate surface area is 164 Å². The van der Waals surface area contributed by atoms with E-state index in [0.717, 1.165) is 11.1 Å². The van der Waals surface area contributed by atoms with E-state index in [-0.39, 0.29) is 21.3 Å². The third-order valence-electron chi connectivity index (χ3n) is 3.38. The van der Waals surface area contributed by atoms with Crippen LogP contribution in [0.2, 0.25) is 5.02 Å². The van der Waals surface area contributed by atoms with Gasteiger partial charge < -0.3 is 9.47 Å². The summed E-state index contributed by atoms with van der Waals surface area (Å²) in [5.74, 6) is 0.483. The number of hydrogen-bond donors (Lipinski definition) is 2. The lowest BCUT2D eigenvalue weighted by molar-refractivity contribution is 0.402. The first-order valence-corrected chi connectivity index (χ1v) is 10.8. The fourth-order valence-corrected chi connectivity index (χ4v) is 3.64. The van der Waals surface area contributed by atoms with Crippen LogP contribution >= 0.6 is 11.6 Å². The smallest absolute Gasteiger partial charge is 0.241 e. The van der Waals surface area contributed by atoms with E-state index in [1.54, 1.807) is 19.1 Å². The number of ether oxygens (including phenoxy) is 2. The van der Waals surface area contributed by atoms with Gasteiger partial charge in [-0.2, -0.15) is 0 Å². The third-order valence-corrected chi connectivity index (χ3v) is 5.67. The molecule has 0 unspecified atom stereocenters. The summed E-state index contributed by atoms with van der Waals surface area (Å²) in [6.07, 6.45) is 0. The van der Waals surface area contributed by atoms with Gasteiger partial charge in [0, 0.05) is 5.02 Å². The Morgan fingerprint density at radius 1 is 0.815 bits per heavy atom. The van der Waals surface area contributed by atoms with Crippen LogP contribution in [0.25, 0.3) is 0 Å². The SMILES string of the molecule is COc1cc(C)c(Cl)cc1S(N)(=O)=O.COc1cc(C)ccc1S(N)(=O)=O. The summed E-state index contributed by atoms with van der Waals surface area (Å²) >= 11 is 5.77. The fourth-order valence-electron chi connectivity index (χ4n) is 2.03. The molecule has 0 fully saturated rings. The van der Waals surface area contributed by atoms with Crippen molar-refractivity contribution < 1.29 is 26.3 Å². The second kappa shape index (κ2) is 8.89. The summed E-state index contributed by atoms with van der Waals surface area (Å²) in [5, 5.41) is 10.3. The molecule has 4 N–H and O–H groups in total. The lowest BCUT2D eigenvalue weighted by Crippen LogP contribution is -2.13. The number of benzene rings is 2. The van der Waals surface area contributed by atoms with Gasteiger partial charge in [-0.1, -0.05) is 17.7 Å². The van der Waals surface area contributed by atoms with E-state index in [9.17, 15) is 16.8 Å². The average molecular weight is 437 g/mol. The van der Waals surface area contributed by atoms with Crippen molar-refractivity contribution in [1.82, 2.24) is 0 Å². The van der Waals surface area contributed by atoms with Gasteiger partial charge in [0.1, 0.15) is 21.3 Å². The number of halogens is 1. The lowest BCUT2D eigenvalue weighted by Gasteiger charge is -2.08. The van der Waals surface area contributed by atoms with Crippen molar-refractivity contribution in [2.24, 2.45) is 10.3 Å². The first kappa shape index (κ1) is 23.2. The van der Waals surface area contributed by atoms with Crippen molar-refractivity contribution >= 4 is 31.6 Å². The van der Waals surface area contributed by atoms with E-state index >= 15 is 0 Å². The van der Waals surface area contributed by atoms with Crippen LogP contribution in [0.15, 0.2) is 40.1 Å². The lowest BCUT2D eigenvalue weighted by atomic mass is 10.2. The zero-order valence-electron chi connectivity index (χ0n) is 15.2. The van der Waals surface area contributed by atoms with Crippen LogP contribution in [-0.4, -0.2) is 31.1 Å². The molecule has 0 aliphatic carbocycles. The number of methoxy groups -OCH3 is 2. The Hall–Kier alpha value is -1.85. The summed E-state index contributed by atoms with van der Waals surface area (Å²) in [7, 11) is -4.70. The van der Waals surface area contributed by atoms with Crippen molar-refractivity contribution in [3.05, 3.63) is 46.5 Å². The highest BCUT2D eigenvalue weighted by atomic mass is 35.5. The van der Waals surface area contributed by atoms with Gasteiger partial charge in [0.25, 0.3) is 0 Å². The molecule has 0 atom stereocenters. The molecule has 0 spiro atoms. The number of sulfonamides is 2. The van der Waals surface area contributed by atoms with Gasteiger partial charge in [0.2, 0.25) is 20.0 Å². The highest BCUT2D eigenvalue weighted by Gasteiger charge is 2.16. The van der Waals surface area contributed by atoms with Crippen LogP contribution in [0.5, 0.6) is 11.5 Å². The van der Waals surface area contributed by atoms with E-state index in [2.05, 4.69) is 0 Å². The highest BCUT2D eigenvalue weighted by Crippen LogP contribution is 2.29. The quantitative estimate of drug-likeness (QED) is 0.750. The Morgan fingerprint density at radius 2 is 1.30 bits per heavy atom. The molecule has 2 aromatic carbocycles. The maximum absolute atomic E-state index is 11.1. The minimum absolute atomic E-state index is 0.0144. The predicted molar refractivity (Wildman–Crippen MR) is 103 cm³/mol. The van der Waals surface area contributed by atoms with Gasteiger partial charge in [-0.05, 0) is 49.2 Å². The van der Waals surface area contributed by atoms with Crippen molar-refractivity contribution in [1.29, 1.82) is 0 Å². The Balaban J connectivity index is 0.000000271. The number of aryl methyl sites for hydroxylation is 2. The van der Waals surface area contributed by atoms with Gasteiger partial charge in [0.05, 0.1) is 14.2 Å². The zero-order chi connectivity index (χ0) is 21.0. The maximum atomic E-state index is 11.1. The second-order valence-corrected chi connectivity index (χ2v) is 8.96. The largest absolute Gasteiger partial charge is 0.495 e. The molecule has 0 aromatic heterocycles. The van der Waals surface area contributed by atoms with E-state index in [1.807, 2.05) is 6.92 Å². The standard InChI is InChI=1S/C8H10ClNO3S.C8H11NO3S/c1-5-3-7(13-2)8(4-6(5)9)14(10,11)12;1-6-3-4-8(13(9,10)11)7(5-6)12-2/h3-4H,1-2H3,(H2,10,11,12);3-5H,1-2H3,(H2,9,10,11). The minimum atomic E-state index is -3.79. The third kappa shape index (κ3) is 6.36. The van der Waals surface area contributed by atoms with Gasteiger partial charge in [0.15, 0.2) is 0 Å². The number of primary sulfonamides is 2. The summed E-state index contributed by atoms with van der Waals surface area (Å²) in [4.78, 5) is -0.0869. The highest BCUT2D eigenvalue weighted by molar-refractivity contribution is 7.89. The molecule has 0 amide bonds. The molecule has 0 heterocycles. The summed E-state index contributed by atoms with van der Waals surface area (Å²) in [6.45, 7) is 3.59. The number of nitrogens with two attached hydrogens (primary N) is 2. The molecular formula is C16H21ClN2O6S2. The van der Waals surface area contributed by atoms with Crippen LogP contribution in [0, 0.1) is 13.8 Å². The molecule has 2 aromatic rings. The molecule has 11 heteroatoms. The molecule has 27 heavy (non-hydrogen) atoms. The van der Waals surface area contributed by atoms with Crippen LogP contribution in [0.3, 0.4) is 0 Å². The van der Waals surface area contributed by atoms with Crippen molar-refractivity contribution in [3.63, 3.8) is 0 Å². The first-order chi connectivity index (χ1) is 12.3. The van der Waals surface area contributed by atoms with Crippen LogP contribution < -0.4 is 19.8 Å². The van der Waals surface area contributed by atoms with Crippen LogP contribution in [-0.2, 0) is 20.0 Å². The van der Waals surface area contributed by atoms with Crippen molar-refractivity contribution in [2.45, 2.75) is 23.6 Å². The molecule has 0 aliphatic rings. The fraction of sp³-hybridized carbons (Fsp3) is 0.250. The molecule has 8 nitrogen and oxygen atoms in total. The number of hydrogen-bond acceptors (Lipinski definition) is 6. The zero-order valence-corrected chi connectivity index (χ0v) is 17.6. The minimum Gasteiger partial charge on any atom is -0.495 e. The molecule has 0 radical (unpaired) electrons. The van der Waals surface area contributed by atoms with Crippen molar-refractivity contribution in [3.8, 4) is 11.5 Å². The Morgan fingerprint density at radius 3 is 1.74 bits per heavy atom. The second-order valence-electron chi connectivity index (χ2n) is 5.50. The Bertz CT molecular complexity index is 1040. The maximum Gasteiger partial charge on any atom is 0.241 e. The van der Waals surface area contributed by atoms with Gasteiger partial charge in [-0.15, -0.1) is 0 Å². The monoisotopic (exact) mass is 436 g/mol. The number of rotatable bonds is 4. The van der Waals surface area contributed by atoms with Gasteiger partial charge >= 0.3 is 0 Å². The van der Waals surface area contributed by atoms with Crippen LogP contribution in [0.1, 0.15) is 11.1 Å². The molecule has 2 rings (SSSR count). The topological polar surface area (TPSA) is 139 Å². The van der Waals surface area contributed by atoms with Gasteiger partial charge in [-0.3, -0.25) is 0 Å². The van der Waals surface area contributed by atoms with E-state index in [1.165, 1.54) is 32.4 Å². The predicted octanol–water partition coefficient (Wildman–Crippen LogP) is 1.96. The molecule has 150 valence electrons. The molecule has 0 aliphatic heterocycles. The van der Waals surface area contributed by atoms with Gasteiger partial charge in [-0.25, -0.2) is 27.1 Å². The van der Waals surface area contributed by atoms with Crippen LogP contribution in [0.4, 0.5) is 0 Å². The molecule has 0 saturated heterocycles. The van der Waals surface area contributed by atoms with E-state index < -0.39 is 20.0 Å². The first-order valence-electron chi connectivity index (χ1n) is 7.35. The summed E-state index contributed by atoms with van der Waals surface area (Å²) < 4.78 is 54.1. The van der Waals surface area contributed by atoms with E-state index in [0.29, 0.717) is 5.02 Å². The van der Waals surface area contributed by atoms with Crippen molar-refractivity contribution in [2.75, 3.05) is 14.2 Å². The summed E-state index contributed by atoms with van der Waals surface area (Å²) in [6, 6.07) is 7.54. The molecule has 0 saturated carbocycles. The van der Waals surface area contributed by atoms with E-state index in [4.69, 9.17) is 31.4 Å².